The molecule has 1 aromatic heterocycles. The summed E-state index contributed by atoms with van der Waals surface area (Å²) in [5.41, 5.74) is 0.758. The maximum atomic E-state index is 10.8. The SMILES string of the molecule is Cn1nc(C(=O)O)c(Cl)c1OCc1ccccc1. The van der Waals surface area contributed by atoms with E-state index < -0.39 is 5.97 Å². The molecular weight excluding hydrogens is 256 g/mol. The van der Waals surface area contributed by atoms with Crippen LogP contribution in [0, 0.1) is 0 Å². The van der Waals surface area contributed by atoms with Gasteiger partial charge >= 0.3 is 5.97 Å². The molecule has 1 N–H and O–H groups in total. The number of aromatic carboxylic acids is 1. The molecule has 1 aromatic carbocycles. The van der Waals surface area contributed by atoms with Crippen molar-refractivity contribution in [3.8, 4) is 5.88 Å². The van der Waals surface area contributed by atoms with Gasteiger partial charge < -0.3 is 9.84 Å². The van der Waals surface area contributed by atoms with Crippen molar-refractivity contribution in [2.45, 2.75) is 6.61 Å². The van der Waals surface area contributed by atoms with Gasteiger partial charge in [0.05, 0.1) is 0 Å². The number of hydrogen-bond donors (Lipinski definition) is 1. The molecule has 94 valence electrons. The highest BCUT2D eigenvalue weighted by molar-refractivity contribution is 6.34. The summed E-state index contributed by atoms with van der Waals surface area (Å²) in [6, 6.07) is 9.51. The number of halogens is 1. The first-order valence-electron chi connectivity index (χ1n) is 5.22. The lowest BCUT2D eigenvalue weighted by molar-refractivity contribution is 0.0690. The summed E-state index contributed by atoms with van der Waals surface area (Å²) in [5.74, 6) is -0.928. The monoisotopic (exact) mass is 266 g/mol. The molecule has 0 radical (unpaired) electrons. The van der Waals surface area contributed by atoms with Gasteiger partial charge in [-0.2, -0.15) is 5.10 Å². The van der Waals surface area contributed by atoms with E-state index in [0.29, 0.717) is 6.61 Å². The molecule has 0 saturated carbocycles. The van der Waals surface area contributed by atoms with E-state index in [0.717, 1.165) is 5.56 Å². The van der Waals surface area contributed by atoms with Gasteiger partial charge in [-0.05, 0) is 5.56 Å². The van der Waals surface area contributed by atoms with Crippen LogP contribution in [0.2, 0.25) is 5.02 Å². The molecule has 18 heavy (non-hydrogen) atoms. The lowest BCUT2D eigenvalue weighted by Crippen LogP contribution is -2.01. The van der Waals surface area contributed by atoms with E-state index in [9.17, 15) is 4.79 Å². The molecule has 0 aliphatic rings. The largest absolute Gasteiger partial charge is 0.476 e. The average Bonchev–Trinajstić information content (AvgIpc) is 2.64. The van der Waals surface area contributed by atoms with Crippen LogP contribution < -0.4 is 4.74 Å². The first kappa shape index (κ1) is 12.4. The number of carbonyl (C=O) groups is 1. The molecule has 0 aliphatic carbocycles. The molecule has 6 heteroatoms. The summed E-state index contributed by atoms with van der Waals surface area (Å²) in [6.45, 7) is 0.305. The lowest BCUT2D eigenvalue weighted by atomic mass is 10.2. The number of carboxylic acid groups (broad SMARTS) is 1. The van der Waals surface area contributed by atoms with Gasteiger partial charge in [0.1, 0.15) is 11.6 Å². The van der Waals surface area contributed by atoms with E-state index in [4.69, 9.17) is 21.4 Å². The molecule has 0 saturated heterocycles. The third-order valence-corrected chi connectivity index (χ3v) is 2.70. The highest BCUT2D eigenvalue weighted by Gasteiger charge is 2.20. The highest BCUT2D eigenvalue weighted by atomic mass is 35.5. The van der Waals surface area contributed by atoms with E-state index in [1.54, 1.807) is 7.05 Å². The third kappa shape index (κ3) is 2.46. The number of carboxylic acids is 1. The molecule has 0 atom stereocenters. The zero-order valence-electron chi connectivity index (χ0n) is 9.63. The summed E-state index contributed by atoms with van der Waals surface area (Å²) in [5, 5.41) is 12.7. The van der Waals surface area contributed by atoms with Gasteiger partial charge in [0.2, 0.25) is 5.88 Å². The zero-order chi connectivity index (χ0) is 13.1. The zero-order valence-corrected chi connectivity index (χ0v) is 10.4. The summed E-state index contributed by atoms with van der Waals surface area (Å²) in [6.07, 6.45) is 0. The van der Waals surface area contributed by atoms with E-state index in [-0.39, 0.29) is 16.6 Å². The number of nitrogens with zero attached hydrogens (tertiary/aromatic N) is 2. The molecule has 0 spiro atoms. The van der Waals surface area contributed by atoms with Crippen molar-refractivity contribution in [2.24, 2.45) is 7.05 Å². The number of aromatic nitrogens is 2. The van der Waals surface area contributed by atoms with Crippen LogP contribution >= 0.6 is 11.6 Å². The van der Waals surface area contributed by atoms with E-state index in [1.165, 1.54) is 4.68 Å². The third-order valence-electron chi connectivity index (χ3n) is 2.36. The van der Waals surface area contributed by atoms with Crippen molar-refractivity contribution in [1.29, 1.82) is 0 Å². The predicted octanol–water partition coefficient (Wildman–Crippen LogP) is 2.35. The summed E-state index contributed by atoms with van der Waals surface area (Å²) in [7, 11) is 1.58. The van der Waals surface area contributed by atoms with Gasteiger partial charge in [0.25, 0.3) is 0 Å². The molecule has 0 bridgehead atoms. The Hall–Kier alpha value is -2.01. The quantitative estimate of drug-likeness (QED) is 0.923. The number of hydrogen-bond acceptors (Lipinski definition) is 3. The fourth-order valence-corrected chi connectivity index (χ4v) is 1.80. The van der Waals surface area contributed by atoms with Crippen molar-refractivity contribution in [3.63, 3.8) is 0 Å². The Balaban J connectivity index is 2.17. The molecule has 0 fully saturated rings. The highest BCUT2D eigenvalue weighted by Crippen LogP contribution is 2.28. The molecule has 0 amide bonds. The average molecular weight is 267 g/mol. The van der Waals surface area contributed by atoms with Gasteiger partial charge in [-0.1, -0.05) is 41.9 Å². The Morgan fingerprint density at radius 2 is 2.11 bits per heavy atom. The second-order valence-corrected chi connectivity index (χ2v) is 4.05. The van der Waals surface area contributed by atoms with Gasteiger partial charge in [0.15, 0.2) is 5.69 Å². The topological polar surface area (TPSA) is 64.4 Å². The van der Waals surface area contributed by atoms with Crippen molar-refractivity contribution in [3.05, 3.63) is 46.6 Å². The van der Waals surface area contributed by atoms with Crippen molar-refractivity contribution in [1.82, 2.24) is 9.78 Å². The minimum absolute atomic E-state index is 0.0148. The summed E-state index contributed by atoms with van der Waals surface area (Å²) < 4.78 is 6.80. The Morgan fingerprint density at radius 1 is 1.44 bits per heavy atom. The molecule has 2 aromatic rings. The lowest BCUT2D eigenvalue weighted by Gasteiger charge is -2.06. The van der Waals surface area contributed by atoms with Crippen LogP contribution in [-0.2, 0) is 13.7 Å². The Morgan fingerprint density at radius 3 is 2.67 bits per heavy atom. The second-order valence-electron chi connectivity index (χ2n) is 3.67. The molecular formula is C12H11ClN2O3. The minimum Gasteiger partial charge on any atom is -0.476 e. The standard InChI is InChI=1S/C12H11ClN2O3/c1-15-11(9(13)10(14-15)12(16)17)18-7-8-5-3-2-4-6-8/h2-6H,7H2,1H3,(H,16,17). The van der Waals surface area contributed by atoms with Crippen LogP contribution in [-0.4, -0.2) is 20.9 Å². The molecule has 5 nitrogen and oxygen atoms in total. The van der Waals surface area contributed by atoms with Crippen molar-refractivity contribution < 1.29 is 14.6 Å². The fraction of sp³-hybridized carbons (Fsp3) is 0.167. The minimum atomic E-state index is -1.18. The smallest absolute Gasteiger partial charge is 0.358 e. The molecule has 0 aliphatic heterocycles. The Bertz CT molecular complexity index is 566. The van der Waals surface area contributed by atoms with Crippen LogP contribution in [0.25, 0.3) is 0 Å². The van der Waals surface area contributed by atoms with Gasteiger partial charge in [-0.25, -0.2) is 9.48 Å². The van der Waals surface area contributed by atoms with Crippen molar-refractivity contribution >= 4 is 17.6 Å². The van der Waals surface area contributed by atoms with Crippen molar-refractivity contribution in [2.75, 3.05) is 0 Å². The second kappa shape index (κ2) is 5.10. The number of aryl methyl sites for hydroxylation is 1. The van der Waals surface area contributed by atoms with Crippen LogP contribution in [0.3, 0.4) is 0 Å². The first-order valence-corrected chi connectivity index (χ1v) is 5.60. The van der Waals surface area contributed by atoms with Gasteiger partial charge in [-0.3, -0.25) is 0 Å². The number of rotatable bonds is 4. The van der Waals surface area contributed by atoms with Gasteiger partial charge in [-0.15, -0.1) is 0 Å². The predicted molar refractivity (Wildman–Crippen MR) is 66.0 cm³/mol. The van der Waals surface area contributed by atoms with Crippen LogP contribution in [0.5, 0.6) is 5.88 Å². The summed E-state index contributed by atoms with van der Waals surface area (Å²) >= 11 is 5.90. The van der Waals surface area contributed by atoms with Crippen LogP contribution in [0.1, 0.15) is 16.1 Å². The van der Waals surface area contributed by atoms with Gasteiger partial charge in [0, 0.05) is 7.05 Å². The normalized spacial score (nSPS) is 10.3. The van der Waals surface area contributed by atoms with E-state index >= 15 is 0 Å². The first-order chi connectivity index (χ1) is 8.59. The van der Waals surface area contributed by atoms with Crippen LogP contribution in [0.15, 0.2) is 30.3 Å². The van der Waals surface area contributed by atoms with Crippen LogP contribution in [0.4, 0.5) is 0 Å². The molecule has 2 rings (SSSR count). The maximum absolute atomic E-state index is 10.8. The van der Waals surface area contributed by atoms with E-state index in [1.807, 2.05) is 30.3 Å². The molecule has 1 heterocycles. The summed E-state index contributed by atoms with van der Waals surface area (Å²) in [4.78, 5) is 10.8. The fourth-order valence-electron chi connectivity index (χ4n) is 1.50. The van der Waals surface area contributed by atoms with E-state index in [2.05, 4.69) is 5.10 Å². The number of ether oxygens (including phenoxy) is 1. The maximum Gasteiger partial charge on any atom is 0.358 e. The Labute approximate surface area is 109 Å². The molecule has 0 unspecified atom stereocenters. The number of benzene rings is 1. The Kier molecular flexibility index (Phi) is 3.53.